The number of fused-ring (bicyclic) bond motifs is 5. The molecule has 2 N–H and O–H groups in total. The van der Waals surface area contributed by atoms with Crippen molar-refractivity contribution >= 4 is 5.91 Å². The summed E-state index contributed by atoms with van der Waals surface area (Å²) in [5, 5.41) is 4.35. The fourth-order valence-corrected chi connectivity index (χ4v) is 4.73. The Kier molecular flexibility index (Phi) is 2.90. The minimum Gasteiger partial charge on any atom is -0.366 e. The van der Waals surface area contributed by atoms with Gasteiger partial charge in [0.1, 0.15) is 0 Å². The third-order valence-corrected chi connectivity index (χ3v) is 5.49. The molecule has 1 heterocycles. The minimum atomic E-state index is -0.430. The number of benzene rings is 1. The second kappa shape index (κ2) is 4.70. The zero-order valence-electron chi connectivity index (χ0n) is 13.0. The molecule has 4 heteroatoms. The van der Waals surface area contributed by atoms with Gasteiger partial charge in [-0.25, -0.2) is 4.68 Å². The van der Waals surface area contributed by atoms with Crippen molar-refractivity contribution in [1.29, 1.82) is 0 Å². The number of nitrogens with zero attached hydrogens (tertiary/aromatic N) is 2. The second-order valence-corrected chi connectivity index (χ2v) is 6.93. The van der Waals surface area contributed by atoms with Gasteiger partial charge in [0.15, 0.2) is 0 Å². The predicted molar refractivity (Wildman–Crippen MR) is 85.1 cm³/mol. The molecule has 4 rings (SSSR count). The first kappa shape index (κ1) is 13.6. The molecule has 1 amide bonds. The highest BCUT2D eigenvalue weighted by Gasteiger charge is 2.48. The third kappa shape index (κ3) is 1.76. The fraction of sp³-hybridized carbons (Fsp3) is 0.444. The number of primary amides is 1. The Hall–Kier alpha value is -2.10. The maximum absolute atomic E-state index is 11.3. The van der Waals surface area contributed by atoms with E-state index in [1.54, 1.807) is 12.4 Å². The summed E-state index contributed by atoms with van der Waals surface area (Å²) in [6, 6.07) is 6.49. The lowest BCUT2D eigenvalue weighted by molar-refractivity contribution is 0.100. The number of hydrogen-bond acceptors (Lipinski definition) is 2. The number of aromatic nitrogens is 2. The minimum absolute atomic E-state index is 0.430. The highest BCUT2D eigenvalue weighted by molar-refractivity contribution is 5.92. The molecule has 3 atom stereocenters. The summed E-state index contributed by atoms with van der Waals surface area (Å²) < 4.78 is 1.82. The van der Waals surface area contributed by atoms with Gasteiger partial charge in [-0.2, -0.15) is 5.10 Å². The van der Waals surface area contributed by atoms with Gasteiger partial charge in [-0.1, -0.05) is 26.0 Å². The molecule has 4 nitrogen and oxygen atoms in total. The van der Waals surface area contributed by atoms with Gasteiger partial charge in [0.25, 0.3) is 5.91 Å². The summed E-state index contributed by atoms with van der Waals surface area (Å²) in [4.78, 5) is 11.3. The molecule has 1 saturated carbocycles. The van der Waals surface area contributed by atoms with E-state index in [1.165, 1.54) is 24.0 Å². The molecule has 2 aromatic rings. The van der Waals surface area contributed by atoms with Crippen LogP contribution in [0.15, 0.2) is 30.6 Å². The molecule has 2 aliphatic carbocycles. The quantitative estimate of drug-likeness (QED) is 0.945. The van der Waals surface area contributed by atoms with Crippen molar-refractivity contribution in [1.82, 2.24) is 9.78 Å². The van der Waals surface area contributed by atoms with Crippen LogP contribution in [0.5, 0.6) is 0 Å². The van der Waals surface area contributed by atoms with Crippen LogP contribution in [0.2, 0.25) is 0 Å². The lowest BCUT2D eigenvalue weighted by Crippen LogP contribution is -2.12. The topological polar surface area (TPSA) is 60.9 Å². The van der Waals surface area contributed by atoms with Crippen molar-refractivity contribution in [3.8, 4) is 5.69 Å². The maximum Gasteiger partial charge on any atom is 0.251 e. The normalized spacial score (nSPS) is 25.7. The van der Waals surface area contributed by atoms with E-state index in [0.717, 1.165) is 11.6 Å². The number of nitrogens with two attached hydrogens (primary N) is 1. The summed E-state index contributed by atoms with van der Waals surface area (Å²) in [5.74, 6) is 2.31. The van der Waals surface area contributed by atoms with Gasteiger partial charge < -0.3 is 5.73 Å². The van der Waals surface area contributed by atoms with Crippen molar-refractivity contribution < 1.29 is 4.79 Å². The van der Waals surface area contributed by atoms with Gasteiger partial charge in [-0.15, -0.1) is 0 Å². The van der Waals surface area contributed by atoms with E-state index in [1.807, 2.05) is 4.68 Å². The van der Waals surface area contributed by atoms with Crippen LogP contribution in [0.4, 0.5) is 0 Å². The van der Waals surface area contributed by atoms with Gasteiger partial charge >= 0.3 is 0 Å². The van der Waals surface area contributed by atoms with E-state index in [-0.39, 0.29) is 0 Å². The van der Waals surface area contributed by atoms with E-state index in [0.29, 0.717) is 23.3 Å². The van der Waals surface area contributed by atoms with Crippen LogP contribution in [0.1, 0.15) is 60.0 Å². The SMILES string of the molecule is CC(C)C1C2CCC1c1c2cccc1-n1cc(C(N)=O)cn1. The number of rotatable bonds is 3. The highest BCUT2D eigenvalue weighted by Crippen LogP contribution is 2.60. The first-order chi connectivity index (χ1) is 10.6. The Labute approximate surface area is 130 Å². The Bertz CT molecular complexity index is 747. The van der Waals surface area contributed by atoms with Crippen molar-refractivity contribution in [3.63, 3.8) is 0 Å². The van der Waals surface area contributed by atoms with Gasteiger partial charge in [0.05, 0.1) is 17.4 Å². The molecule has 1 fully saturated rings. The standard InChI is InChI=1S/C18H21N3O/c1-10(2)16-13-6-7-14(16)17-12(13)4-3-5-15(17)21-9-11(8-20-21)18(19)22/h3-5,8-10,13-14,16H,6-7H2,1-2H3,(H2,19,22). The number of amides is 1. The van der Waals surface area contributed by atoms with Gasteiger partial charge in [-0.3, -0.25) is 4.79 Å². The first-order valence-electron chi connectivity index (χ1n) is 8.05. The van der Waals surface area contributed by atoms with Gasteiger partial charge in [-0.05, 0) is 53.7 Å². The van der Waals surface area contributed by atoms with E-state index in [2.05, 4.69) is 37.1 Å². The maximum atomic E-state index is 11.3. The third-order valence-electron chi connectivity index (χ3n) is 5.49. The molecule has 2 bridgehead atoms. The average Bonchev–Trinajstić information content (AvgIpc) is 3.20. The summed E-state index contributed by atoms with van der Waals surface area (Å²) in [5.41, 5.74) is 9.85. The predicted octanol–water partition coefficient (Wildman–Crippen LogP) is 3.22. The molecule has 2 aliphatic rings. The van der Waals surface area contributed by atoms with E-state index < -0.39 is 5.91 Å². The molecule has 0 spiro atoms. The summed E-state index contributed by atoms with van der Waals surface area (Å²) in [6.45, 7) is 4.67. The Balaban J connectivity index is 1.83. The van der Waals surface area contributed by atoms with E-state index >= 15 is 0 Å². The van der Waals surface area contributed by atoms with Gasteiger partial charge in [0.2, 0.25) is 0 Å². The molecular formula is C18H21N3O. The molecule has 3 unspecified atom stereocenters. The van der Waals surface area contributed by atoms with Crippen molar-refractivity contribution in [2.45, 2.75) is 38.5 Å². The summed E-state index contributed by atoms with van der Waals surface area (Å²) in [7, 11) is 0. The molecular weight excluding hydrogens is 274 g/mol. The van der Waals surface area contributed by atoms with Crippen LogP contribution in [0.3, 0.4) is 0 Å². The molecule has 1 aromatic heterocycles. The van der Waals surface area contributed by atoms with Crippen molar-refractivity contribution in [2.24, 2.45) is 17.6 Å². The second-order valence-electron chi connectivity index (χ2n) is 6.93. The van der Waals surface area contributed by atoms with Crippen LogP contribution >= 0.6 is 0 Å². The monoisotopic (exact) mass is 295 g/mol. The molecule has 0 saturated heterocycles. The fourth-order valence-electron chi connectivity index (χ4n) is 4.73. The Morgan fingerprint density at radius 2 is 2.09 bits per heavy atom. The van der Waals surface area contributed by atoms with Crippen LogP contribution in [-0.2, 0) is 0 Å². The lowest BCUT2D eigenvalue weighted by Gasteiger charge is -2.20. The van der Waals surface area contributed by atoms with Gasteiger partial charge in [0, 0.05) is 6.20 Å². The van der Waals surface area contributed by atoms with E-state index in [9.17, 15) is 4.79 Å². The molecule has 0 radical (unpaired) electrons. The average molecular weight is 295 g/mol. The van der Waals surface area contributed by atoms with Crippen LogP contribution in [-0.4, -0.2) is 15.7 Å². The Morgan fingerprint density at radius 3 is 2.77 bits per heavy atom. The summed E-state index contributed by atoms with van der Waals surface area (Å²) >= 11 is 0. The van der Waals surface area contributed by atoms with Crippen molar-refractivity contribution in [3.05, 3.63) is 47.3 Å². The summed E-state index contributed by atoms with van der Waals surface area (Å²) in [6.07, 6.45) is 5.86. The molecule has 22 heavy (non-hydrogen) atoms. The smallest absolute Gasteiger partial charge is 0.251 e. The zero-order valence-corrected chi connectivity index (χ0v) is 13.0. The van der Waals surface area contributed by atoms with Crippen LogP contribution < -0.4 is 5.73 Å². The zero-order chi connectivity index (χ0) is 15.4. The molecule has 114 valence electrons. The number of hydrogen-bond donors (Lipinski definition) is 1. The largest absolute Gasteiger partial charge is 0.366 e. The Morgan fingerprint density at radius 1 is 1.32 bits per heavy atom. The number of carbonyl (C=O) groups is 1. The van der Waals surface area contributed by atoms with Crippen LogP contribution in [0, 0.1) is 11.8 Å². The van der Waals surface area contributed by atoms with Crippen molar-refractivity contribution in [2.75, 3.05) is 0 Å². The van der Waals surface area contributed by atoms with E-state index in [4.69, 9.17) is 5.73 Å². The molecule has 0 aliphatic heterocycles. The highest BCUT2D eigenvalue weighted by atomic mass is 16.1. The van der Waals surface area contributed by atoms with Crippen LogP contribution in [0.25, 0.3) is 5.69 Å². The first-order valence-corrected chi connectivity index (χ1v) is 8.05. The number of carbonyl (C=O) groups excluding carboxylic acids is 1. The molecule has 1 aromatic carbocycles. The lowest BCUT2D eigenvalue weighted by atomic mass is 9.85.